The molecular formula is C15H15Cl2NS. The average molecular weight is 312 g/mol. The van der Waals surface area contributed by atoms with Crippen molar-refractivity contribution in [1.82, 2.24) is 0 Å². The van der Waals surface area contributed by atoms with Crippen molar-refractivity contribution in [1.29, 1.82) is 0 Å². The van der Waals surface area contributed by atoms with Gasteiger partial charge in [-0.1, -0.05) is 53.2 Å². The molecule has 19 heavy (non-hydrogen) atoms. The fourth-order valence-corrected chi connectivity index (χ4v) is 3.18. The molecule has 4 heteroatoms. The molecule has 0 saturated carbocycles. The van der Waals surface area contributed by atoms with Gasteiger partial charge in [0.25, 0.3) is 0 Å². The molecule has 2 rings (SSSR count). The van der Waals surface area contributed by atoms with E-state index in [0.717, 1.165) is 31.8 Å². The Morgan fingerprint density at radius 1 is 1.05 bits per heavy atom. The standard InChI is InChI=1S/C15H15Cl2NS/c1-10(18)8-11-6-7-15(13(17)9-11)19-14-5-3-2-4-12(14)16/h2-7,9-10H,8,18H2,1H3. The second-order valence-corrected chi connectivity index (χ2v) is 6.38. The number of nitrogens with two attached hydrogens (primary N) is 1. The lowest BCUT2D eigenvalue weighted by Gasteiger charge is -2.09. The van der Waals surface area contributed by atoms with Crippen LogP contribution in [0, 0.1) is 0 Å². The van der Waals surface area contributed by atoms with Gasteiger partial charge >= 0.3 is 0 Å². The Balaban J connectivity index is 2.20. The molecule has 0 aliphatic rings. The predicted octanol–water partition coefficient (Wildman–Crippen LogP) is 5.03. The molecule has 1 unspecified atom stereocenters. The molecule has 2 aromatic carbocycles. The van der Waals surface area contributed by atoms with Crippen LogP contribution in [0.2, 0.25) is 10.0 Å². The quantitative estimate of drug-likeness (QED) is 0.856. The molecule has 2 N–H and O–H groups in total. The van der Waals surface area contributed by atoms with Crippen molar-refractivity contribution in [3.8, 4) is 0 Å². The van der Waals surface area contributed by atoms with Crippen molar-refractivity contribution in [2.45, 2.75) is 29.2 Å². The fourth-order valence-electron chi connectivity index (χ4n) is 1.77. The summed E-state index contributed by atoms with van der Waals surface area (Å²) in [6.07, 6.45) is 0.830. The third kappa shape index (κ3) is 4.15. The molecule has 0 spiro atoms. The Labute approximate surface area is 128 Å². The largest absolute Gasteiger partial charge is 0.328 e. The van der Waals surface area contributed by atoms with Crippen LogP contribution in [-0.2, 0) is 6.42 Å². The summed E-state index contributed by atoms with van der Waals surface area (Å²) in [7, 11) is 0. The zero-order chi connectivity index (χ0) is 13.8. The van der Waals surface area contributed by atoms with Gasteiger partial charge in [-0.3, -0.25) is 0 Å². The Morgan fingerprint density at radius 3 is 2.37 bits per heavy atom. The Kier molecular flexibility index (Phi) is 5.17. The summed E-state index contributed by atoms with van der Waals surface area (Å²) in [5.74, 6) is 0. The molecule has 0 saturated heterocycles. The van der Waals surface area contributed by atoms with Gasteiger partial charge in [0.05, 0.1) is 10.0 Å². The van der Waals surface area contributed by atoms with Gasteiger partial charge in [-0.25, -0.2) is 0 Å². The third-order valence-electron chi connectivity index (χ3n) is 2.61. The maximum absolute atomic E-state index is 6.31. The first-order valence-corrected chi connectivity index (χ1v) is 7.60. The minimum Gasteiger partial charge on any atom is -0.328 e. The van der Waals surface area contributed by atoms with E-state index < -0.39 is 0 Å². The van der Waals surface area contributed by atoms with Gasteiger partial charge < -0.3 is 5.73 Å². The van der Waals surface area contributed by atoms with Crippen molar-refractivity contribution in [3.05, 3.63) is 58.1 Å². The molecule has 0 aliphatic carbocycles. The van der Waals surface area contributed by atoms with Crippen LogP contribution in [0.1, 0.15) is 12.5 Å². The average Bonchev–Trinajstić information content (AvgIpc) is 2.34. The highest BCUT2D eigenvalue weighted by molar-refractivity contribution is 7.99. The summed E-state index contributed by atoms with van der Waals surface area (Å²) in [5, 5.41) is 1.48. The number of hydrogen-bond donors (Lipinski definition) is 1. The summed E-state index contributed by atoms with van der Waals surface area (Å²) in [4.78, 5) is 2.01. The zero-order valence-corrected chi connectivity index (χ0v) is 12.9. The van der Waals surface area contributed by atoms with Crippen molar-refractivity contribution in [3.63, 3.8) is 0 Å². The number of benzene rings is 2. The Morgan fingerprint density at radius 2 is 1.74 bits per heavy atom. The van der Waals surface area contributed by atoms with Crippen LogP contribution in [0.3, 0.4) is 0 Å². The first-order valence-electron chi connectivity index (χ1n) is 6.02. The van der Waals surface area contributed by atoms with Crippen LogP contribution >= 0.6 is 35.0 Å². The minimum atomic E-state index is 0.137. The molecule has 0 fully saturated rings. The maximum Gasteiger partial charge on any atom is 0.0548 e. The summed E-state index contributed by atoms with van der Waals surface area (Å²) in [5.41, 5.74) is 6.95. The van der Waals surface area contributed by atoms with Crippen molar-refractivity contribution in [2.24, 2.45) is 5.73 Å². The summed E-state index contributed by atoms with van der Waals surface area (Å²) >= 11 is 14.0. The van der Waals surface area contributed by atoms with E-state index in [1.165, 1.54) is 0 Å². The molecule has 0 bridgehead atoms. The molecule has 0 amide bonds. The Hall–Kier alpha value is -0.670. The van der Waals surface area contributed by atoms with Gasteiger partial charge in [-0.05, 0) is 43.2 Å². The van der Waals surface area contributed by atoms with E-state index in [1.807, 2.05) is 43.3 Å². The SMILES string of the molecule is CC(N)Cc1ccc(Sc2ccccc2Cl)c(Cl)c1. The molecule has 0 heterocycles. The monoisotopic (exact) mass is 311 g/mol. The van der Waals surface area contributed by atoms with Gasteiger partial charge in [-0.15, -0.1) is 0 Å². The molecular weight excluding hydrogens is 297 g/mol. The van der Waals surface area contributed by atoms with E-state index in [-0.39, 0.29) is 6.04 Å². The molecule has 1 atom stereocenters. The number of rotatable bonds is 4. The fraction of sp³-hybridized carbons (Fsp3) is 0.200. The van der Waals surface area contributed by atoms with Crippen LogP contribution in [0.4, 0.5) is 0 Å². The zero-order valence-electron chi connectivity index (χ0n) is 10.6. The van der Waals surface area contributed by atoms with Crippen LogP contribution < -0.4 is 5.73 Å². The minimum absolute atomic E-state index is 0.137. The van der Waals surface area contributed by atoms with Crippen LogP contribution in [0.5, 0.6) is 0 Å². The topological polar surface area (TPSA) is 26.0 Å². The highest BCUT2D eigenvalue weighted by atomic mass is 35.5. The van der Waals surface area contributed by atoms with E-state index >= 15 is 0 Å². The van der Waals surface area contributed by atoms with Gasteiger partial charge in [0.1, 0.15) is 0 Å². The number of halogens is 2. The first-order chi connectivity index (χ1) is 9.06. The third-order valence-corrected chi connectivity index (χ3v) is 4.63. The van der Waals surface area contributed by atoms with E-state index in [1.54, 1.807) is 11.8 Å². The summed E-state index contributed by atoms with van der Waals surface area (Å²) < 4.78 is 0. The molecule has 2 aromatic rings. The smallest absolute Gasteiger partial charge is 0.0548 e. The lowest BCUT2D eigenvalue weighted by Crippen LogP contribution is -2.17. The van der Waals surface area contributed by atoms with Crippen LogP contribution in [0.25, 0.3) is 0 Å². The molecule has 0 aliphatic heterocycles. The lowest BCUT2D eigenvalue weighted by molar-refractivity contribution is 0.738. The van der Waals surface area contributed by atoms with E-state index in [9.17, 15) is 0 Å². The maximum atomic E-state index is 6.31. The second kappa shape index (κ2) is 6.67. The normalized spacial score (nSPS) is 12.4. The molecule has 1 nitrogen and oxygen atoms in total. The van der Waals surface area contributed by atoms with Crippen molar-refractivity contribution >= 4 is 35.0 Å². The van der Waals surface area contributed by atoms with Gasteiger partial charge in [0, 0.05) is 15.8 Å². The highest BCUT2D eigenvalue weighted by Gasteiger charge is 2.07. The molecule has 100 valence electrons. The van der Waals surface area contributed by atoms with Crippen LogP contribution in [0.15, 0.2) is 52.3 Å². The highest BCUT2D eigenvalue weighted by Crippen LogP contribution is 2.37. The second-order valence-electron chi connectivity index (χ2n) is 4.48. The van der Waals surface area contributed by atoms with Gasteiger partial charge in [0.15, 0.2) is 0 Å². The van der Waals surface area contributed by atoms with Gasteiger partial charge in [0.2, 0.25) is 0 Å². The lowest BCUT2D eigenvalue weighted by atomic mass is 10.1. The Bertz CT molecular complexity index is 570. The number of hydrogen-bond acceptors (Lipinski definition) is 2. The van der Waals surface area contributed by atoms with Gasteiger partial charge in [-0.2, -0.15) is 0 Å². The van der Waals surface area contributed by atoms with E-state index in [2.05, 4.69) is 6.07 Å². The summed E-state index contributed by atoms with van der Waals surface area (Å²) in [6, 6.07) is 13.9. The van der Waals surface area contributed by atoms with E-state index in [4.69, 9.17) is 28.9 Å². The first kappa shape index (κ1) is 14.7. The molecule has 0 aromatic heterocycles. The van der Waals surface area contributed by atoms with Crippen molar-refractivity contribution < 1.29 is 0 Å². The molecule has 0 radical (unpaired) electrons. The predicted molar refractivity (Wildman–Crippen MR) is 84.4 cm³/mol. The van der Waals surface area contributed by atoms with E-state index in [0.29, 0.717) is 0 Å². The van der Waals surface area contributed by atoms with Crippen LogP contribution in [-0.4, -0.2) is 6.04 Å². The van der Waals surface area contributed by atoms with Crippen molar-refractivity contribution in [2.75, 3.05) is 0 Å². The summed E-state index contributed by atoms with van der Waals surface area (Å²) in [6.45, 7) is 1.99.